The lowest BCUT2D eigenvalue weighted by Gasteiger charge is -2.15. The molecule has 3 heteroatoms. The lowest BCUT2D eigenvalue weighted by atomic mass is 9.90. The molecule has 86 valence electrons. The predicted octanol–water partition coefficient (Wildman–Crippen LogP) is 2.08. The second-order valence-electron chi connectivity index (χ2n) is 4.97. The minimum absolute atomic E-state index is 0.199. The van der Waals surface area contributed by atoms with Crippen molar-refractivity contribution >= 4 is 0 Å². The number of hydrogen-bond acceptors (Lipinski definition) is 3. The van der Waals surface area contributed by atoms with Gasteiger partial charge in [-0.3, -0.25) is 0 Å². The van der Waals surface area contributed by atoms with Crippen LogP contribution in [0, 0.1) is 16.7 Å². The van der Waals surface area contributed by atoms with E-state index in [2.05, 4.69) is 11.4 Å². The molecular formula is C12H22N2O. The van der Waals surface area contributed by atoms with E-state index in [-0.39, 0.29) is 5.41 Å². The number of ether oxygens (including phenoxy) is 1. The van der Waals surface area contributed by atoms with Crippen molar-refractivity contribution in [3.8, 4) is 6.07 Å². The van der Waals surface area contributed by atoms with Gasteiger partial charge in [-0.1, -0.05) is 0 Å². The summed E-state index contributed by atoms with van der Waals surface area (Å²) in [7, 11) is 0. The molecule has 0 aliphatic carbocycles. The molecule has 0 spiro atoms. The summed E-state index contributed by atoms with van der Waals surface area (Å²) >= 11 is 0. The third-order valence-electron chi connectivity index (χ3n) is 2.87. The lowest BCUT2D eigenvalue weighted by molar-refractivity contribution is 0.108. The van der Waals surface area contributed by atoms with Crippen LogP contribution in [0.25, 0.3) is 0 Å². The average molecular weight is 210 g/mol. The van der Waals surface area contributed by atoms with Crippen molar-refractivity contribution in [1.29, 1.82) is 5.26 Å². The van der Waals surface area contributed by atoms with Gasteiger partial charge in [0.05, 0.1) is 18.1 Å². The van der Waals surface area contributed by atoms with Gasteiger partial charge in [-0.25, -0.2) is 0 Å². The van der Waals surface area contributed by atoms with Crippen LogP contribution >= 0.6 is 0 Å². The smallest absolute Gasteiger partial charge is 0.0683 e. The Morgan fingerprint density at radius 1 is 1.53 bits per heavy atom. The highest BCUT2D eigenvalue weighted by atomic mass is 16.5. The van der Waals surface area contributed by atoms with E-state index < -0.39 is 0 Å². The van der Waals surface area contributed by atoms with Crippen LogP contribution in [0.3, 0.4) is 0 Å². The van der Waals surface area contributed by atoms with Gasteiger partial charge in [0, 0.05) is 12.6 Å². The minimum Gasteiger partial charge on any atom is -0.380 e. The van der Waals surface area contributed by atoms with Gasteiger partial charge < -0.3 is 10.1 Å². The van der Waals surface area contributed by atoms with Gasteiger partial charge in [0.1, 0.15) is 0 Å². The summed E-state index contributed by atoms with van der Waals surface area (Å²) in [4.78, 5) is 0. The SMILES string of the molecule is CC(C)(C#N)CCCOCC1CCCN1. The largest absolute Gasteiger partial charge is 0.380 e. The summed E-state index contributed by atoms with van der Waals surface area (Å²) in [5.41, 5.74) is -0.199. The van der Waals surface area contributed by atoms with Gasteiger partial charge in [0.15, 0.2) is 0 Å². The average Bonchev–Trinajstić information content (AvgIpc) is 2.70. The minimum atomic E-state index is -0.199. The standard InChI is InChI=1S/C12H22N2O/c1-12(2,10-13)6-4-8-15-9-11-5-3-7-14-11/h11,14H,3-9H2,1-2H3. The fourth-order valence-electron chi connectivity index (χ4n) is 1.80. The van der Waals surface area contributed by atoms with E-state index in [9.17, 15) is 0 Å². The van der Waals surface area contributed by atoms with Crippen LogP contribution in [0.5, 0.6) is 0 Å². The lowest BCUT2D eigenvalue weighted by Crippen LogP contribution is -2.27. The molecule has 0 aromatic rings. The van der Waals surface area contributed by atoms with Crippen LogP contribution in [-0.2, 0) is 4.74 Å². The van der Waals surface area contributed by atoms with Gasteiger partial charge in [-0.15, -0.1) is 0 Å². The molecule has 1 unspecified atom stereocenters. The molecule has 1 aliphatic heterocycles. The Hall–Kier alpha value is -0.590. The van der Waals surface area contributed by atoms with Gasteiger partial charge >= 0.3 is 0 Å². The molecule has 0 aromatic heterocycles. The summed E-state index contributed by atoms with van der Waals surface area (Å²) in [6.45, 7) is 6.70. The molecule has 0 bridgehead atoms. The number of rotatable bonds is 6. The zero-order valence-electron chi connectivity index (χ0n) is 9.88. The third kappa shape index (κ3) is 5.15. The van der Waals surface area contributed by atoms with Crippen LogP contribution in [0.15, 0.2) is 0 Å². The van der Waals surface area contributed by atoms with Gasteiger partial charge in [-0.2, -0.15) is 5.26 Å². The second kappa shape index (κ2) is 6.09. The molecule has 15 heavy (non-hydrogen) atoms. The first kappa shape index (κ1) is 12.5. The van der Waals surface area contributed by atoms with Crippen LogP contribution in [0.4, 0.5) is 0 Å². The Kier molecular flexibility index (Phi) is 5.07. The maximum Gasteiger partial charge on any atom is 0.0683 e. The van der Waals surface area contributed by atoms with Crippen molar-refractivity contribution in [3.05, 3.63) is 0 Å². The zero-order chi connectivity index (χ0) is 11.1. The Morgan fingerprint density at radius 2 is 2.33 bits per heavy atom. The highest BCUT2D eigenvalue weighted by Crippen LogP contribution is 2.20. The van der Waals surface area contributed by atoms with Gasteiger partial charge in [-0.05, 0) is 46.1 Å². The first-order valence-electron chi connectivity index (χ1n) is 5.86. The molecule has 1 heterocycles. The van der Waals surface area contributed by atoms with E-state index in [0.717, 1.165) is 32.6 Å². The number of hydrogen-bond donors (Lipinski definition) is 1. The van der Waals surface area contributed by atoms with E-state index >= 15 is 0 Å². The normalized spacial score (nSPS) is 21.5. The molecule has 0 amide bonds. The molecule has 1 atom stereocenters. The molecular weight excluding hydrogens is 188 g/mol. The molecule has 1 saturated heterocycles. The molecule has 0 aromatic carbocycles. The molecule has 1 aliphatic rings. The number of nitriles is 1. The zero-order valence-corrected chi connectivity index (χ0v) is 9.88. The highest BCUT2D eigenvalue weighted by molar-refractivity contribution is 4.91. The first-order chi connectivity index (χ1) is 7.14. The number of nitrogens with one attached hydrogen (secondary N) is 1. The van der Waals surface area contributed by atoms with Gasteiger partial charge in [0.2, 0.25) is 0 Å². The van der Waals surface area contributed by atoms with Crippen LogP contribution < -0.4 is 5.32 Å². The summed E-state index contributed by atoms with van der Waals surface area (Å²) in [6.07, 6.45) is 4.41. The van der Waals surface area contributed by atoms with Crippen LogP contribution in [0.2, 0.25) is 0 Å². The van der Waals surface area contributed by atoms with Crippen LogP contribution in [-0.4, -0.2) is 25.8 Å². The number of nitrogens with zero attached hydrogens (tertiary/aromatic N) is 1. The Bertz CT molecular complexity index is 214. The molecule has 0 radical (unpaired) electrons. The molecule has 1 fully saturated rings. The summed E-state index contributed by atoms with van der Waals surface area (Å²) in [5.74, 6) is 0. The highest BCUT2D eigenvalue weighted by Gasteiger charge is 2.16. The van der Waals surface area contributed by atoms with Crippen molar-refractivity contribution in [2.24, 2.45) is 5.41 Å². The van der Waals surface area contributed by atoms with Crippen molar-refractivity contribution in [1.82, 2.24) is 5.32 Å². The monoisotopic (exact) mass is 210 g/mol. The van der Waals surface area contributed by atoms with Crippen molar-refractivity contribution in [3.63, 3.8) is 0 Å². The van der Waals surface area contributed by atoms with Crippen LogP contribution in [0.1, 0.15) is 39.5 Å². The Balaban J connectivity index is 1.95. The van der Waals surface area contributed by atoms with Gasteiger partial charge in [0.25, 0.3) is 0 Å². The van der Waals surface area contributed by atoms with E-state index in [0.29, 0.717) is 6.04 Å². The van der Waals surface area contributed by atoms with E-state index in [1.165, 1.54) is 12.8 Å². The summed E-state index contributed by atoms with van der Waals surface area (Å²) in [5, 5.41) is 12.2. The Morgan fingerprint density at radius 3 is 2.93 bits per heavy atom. The molecule has 3 nitrogen and oxygen atoms in total. The summed E-state index contributed by atoms with van der Waals surface area (Å²) < 4.78 is 5.59. The quantitative estimate of drug-likeness (QED) is 0.683. The molecule has 1 N–H and O–H groups in total. The van der Waals surface area contributed by atoms with Crippen molar-refractivity contribution in [2.45, 2.75) is 45.6 Å². The van der Waals surface area contributed by atoms with Crippen molar-refractivity contribution < 1.29 is 4.74 Å². The maximum absolute atomic E-state index is 8.82. The third-order valence-corrected chi connectivity index (χ3v) is 2.87. The maximum atomic E-state index is 8.82. The van der Waals surface area contributed by atoms with Crippen molar-refractivity contribution in [2.75, 3.05) is 19.8 Å². The Labute approximate surface area is 92.8 Å². The summed E-state index contributed by atoms with van der Waals surface area (Å²) in [6, 6.07) is 2.87. The molecule has 1 rings (SSSR count). The van der Waals surface area contributed by atoms with E-state index in [1.807, 2.05) is 13.8 Å². The first-order valence-corrected chi connectivity index (χ1v) is 5.86. The fraction of sp³-hybridized carbons (Fsp3) is 0.917. The topological polar surface area (TPSA) is 45.0 Å². The fourth-order valence-corrected chi connectivity index (χ4v) is 1.80. The predicted molar refractivity (Wildman–Crippen MR) is 60.5 cm³/mol. The van der Waals surface area contributed by atoms with E-state index in [1.54, 1.807) is 0 Å². The second-order valence-corrected chi connectivity index (χ2v) is 4.97. The van der Waals surface area contributed by atoms with E-state index in [4.69, 9.17) is 10.00 Å². The molecule has 0 saturated carbocycles.